The number of benzene rings is 1. The summed E-state index contributed by atoms with van der Waals surface area (Å²) < 4.78 is 5.76. The van der Waals surface area contributed by atoms with E-state index in [2.05, 4.69) is 31.3 Å². The first kappa shape index (κ1) is 14.5. The van der Waals surface area contributed by atoms with Crippen LogP contribution in [0.3, 0.4) is 0 Å². The van der Waals surface area contributed by atoms with Crippen LogP contribution < -0.4 is 5.32 Å². The Bertz CT molecular complexity index is 357. The Hall–Kier alpha value is -0.860. The number of aryl methyl sites for hydroxylation is 1. The van der Waals surface area contributed by atoms with Crippen LogP contribution in [0.25, 0.3) is 0 Å². The van der Waals surface area contributed by atoms with Crippen molar-refractivity contribution in [3.05, 3.63) is 35.9 Å². The summed E-state index contributed by atoms with van der Waals surface area (Å²) in [6.07, 6.45) is 6.62. The van der Waals surface area contributed by atoms with Crippen molar-refractivity contribution in [2.24, 2.45) is 0 Å². The van der Waals surface area contributed by atoms with E-state index in [4.69, 9.17) is 4.74 Å². The van der Waals surface area contributed by atoms with Crippen LogP contribution in [-0.2, 0) is 4.74 Å². The molecule has 2 aliphatic rings. The third-order valence-corrected chi connectivity index (χ3v) is 4.28. The molecule has 0 amide bonds. The molecule has 2 fully saturated rings. The van der Waals surface area contributed by atoms with Gasteiger partial charge in [0.15, 0.2) is 0 Å². The molecule has 0 radical (unpaired) electrons. The zero-order valence-electron chi connectivity index (χ0n) is 12.3. The van der Waals surface area contributed by atoms with Crippen LogP contribution in [0.1, 0.15) is 44.6 Å². The zero-order chi connectivity index (χ0) is 13.6. The second-order valence-electron chi connectivity index (χ2n) is 5.67. The van der Waals surface area contributed by atoms with Crippen LogP contribution >= 0.6 is 0 Å². The molecule has 106 valence electrons. The Morgan fingerprint density at radius 3 is 2.42 bits per heavy atom. The Balaban J connectivity index is 0.000000163. The van der Waals surface area contributed by atoms with Gasteiger partial charge in [0.1, 0.15) is 0 Å². The van der Waals surface area contributed by atoms with E-state index in [0.29, 0.717) is 6.04 Å². The third-order valence-electron chi connectivity index (χ3n) is 4.28. The van der Waals surface area contributed by atoms with E-state index < -0.39 is 0 Å². The minimum atomic E-state index is 0.258. The maximum atomic E-state index is 5.76. The van der Waals surface area contributed by atoms with Crippen molar-refractivity contribution >= 4 is 0 Å². The molecule has 1 saturated heterocycles. The highest BCUT2D eigenvalue weighted by Crippen LogP contribution is 2.40. The number of ether oxygens (including phenoxy) is 1. The average Bonchev–Trinajstić information content (AvgIpc) is 2.40. The largest absolute Gasteiger partial charge is 0.373 e. The smallest absolute Gasteiger partial charge is 0.0856 e. The van der Waals surface area contributed by atoms with Gasteiger partial charge < -0.3 is 10.1 Å². The molecule has 19 heavy (non-hydrogen) atoms. The molecule has 1 aliphatic heterocycles. The fraction of sp³-hybridized carbons (Fsp3) is 0.647. The standard InChI is InChI=1S/C10H19NO.C7H8/c1-2-11-9-5-3-4-6-10(9)7-8-12-10;1-7-5-3-2-4-6-7/h9,11H,2-8H2,1H3;2-6H,1H3. The van der Waals surface area contributed by atoms with Gasteiger partial charge in [0.2, 0.25) is 0 Å². The van der Waals surface area contributed by atoms with E-state index in [9.17, 15) is 0 Å². The van der Waals surface area contributed by atoms with Crippen molar-refractivity contribution in [2.45, 2.75) is 57.6 Å². The van der Waals surface area contributed by atoms with Crippen molar-refractivity contribution in [1.82, 2.24) is 5.32 Å². The normalized spacial score (nSPS) is 29.3. The van der Waals surface area contributed by atoms with E-state index in [1.807, 2.05) is 18.2 Å². The highest BCUT2D eigenvalue weighted by atomic mass is 16.5. The SMILES string of the molecule is CCNC1CCCCC12CCO2.Cc1ccccc1. The summed E-state index contributed by atoms with van der Waals surface area (Å²) in [5.74, 6) is 0. The van der Waals surface area contributed by atoms with Gasteiger partial charge in [-0.1, -0.05) is 55.7 Å². The van der Waals surface area contributed by atoms with Gasteiger partial charge in [0, 0.05) is 12.5 Å². The number of rotatable bonds is 2. The van der Waals surface area contributed by atoms with Crippen molar-refractivity contribution in [2.75, 3.05) is 13.2 Å². The Labute approximate surface area is 117 Å². The van der Waals surface area contributed by atoms with Gasteiger partial charge in [-0.05, 0) is 26.3 Å². The van der Waals surface area contributed by atoms with Gasteiger partial charge in [-0.2, -0.15) is 0 Å². The first-order valence-corrected chi connectivity index (χ1v) is 7.66. The first-order chi connectivity index (χ1) is 9.27. The van der Waals surface area contributed by atoms with Gasteiger partial charge >= 0.3 is 0 Å². The predicted molar refractivity (Wildman–Crippen MR) is 80.4 cm³/mol. The van der Waals surface area contributed by atoms with Gasteiger partial charge in [-0.25, -0.2) is 0 Å². The second-order valence-corrected chi connectivity index (χ2v) is 5.67. The van der Waals surface area contributed by atoms with Crippen LogP contribution in [0.15, 0.2) is 30.3 Å². The zero-order valence-corrected chi connectivity index (χ0v) is 12.3. The number of nitrogens with one attached hydrogen (secondary N) is 1. The number of hydrogen-bond acceptors (Lipinski definition) is 2. The molecule has 1 aromatic rings. The first-order valence-electron chi connectivity index (χ1n) is 7.66. The maximum Gasteiger partial charge on any atom is 0.0856 e. The van der Waals surface area contributed by atoms with Crippen molar-refractivity contribution in [3.8, 4) is 0 Å². The molecule has 1 heterocycles. The summed E-state index contributed by atoms with van der Waals surface area (Å²) in [7, 11) is 0. The van der Waals surface area contributed by atoms with Gasteiger partial charge in [-0.15, -0.1) is 0 Å². The molecule has 3 rings (SSSR count). The summed E-state index contributed by atoms with van der Waals surface area (Å²) in [5, 5.41) is 3.55. The van der Waals surface area contributed by atoms with Crippen LogP contribution in [-0.4, -0.2) is 24.8 Å². The Kier molecular flexibility index (Phi) is 5.41. The number of likely N-dealkylation sites (N-methyl/N-ethyl adjacent to an activating group) is 1. The predicted octanol–water partition coefficient (Wildman–Crippen LogP) is 3.69. The van der Waals surface area contributed by atoms with Crippen molar-refractivity contribution in [1.29, 1.82) is 0 Å². The topological polar surface area (TPSA) is 21.3 Å². The average molecular weight is 261 g/mol. The van der Waals surface area contributed by atoms with Crippen LogP contribution in [0, 0.1) is 6.92 Å². The summed E-state index contributed by atoms with van der Waals surface area (Å²) in [6, 6.07) is 10.9. The Morgan fingerprint density at radius 1 is 1.21 bits per heavy atom. The lowest BCUT2D eigenvalue weighted by molar-refractivity contribution is -0.181. The quantitative estimate of drug-likeness (QED) is 0.876. The molecule has 1 aliphatic carbocycles. The van der Waals surface area contributed by atoms with E-state index in [1.165, 1.54) is 37.7 Å². The summed E-state index contributed by atoms with van der Waals surface area (Å²) in [5.41, 5.74) is 1.58. The molecular formula is C17H27NO. The Morgan fingerprint density at radius 2 is 1.95 bits per heavy atom. The fourth-order valence-corrected chi connectivity index (χ4v) is 3.12. The van der Waals surface area contributed by atoms with Gasteiger partial charge in [0.25, 0.3) is 0 Å². The highest BCUT2D eigenvalue weighted by Gasteiger charge is 2.46. The number of hydrogen-bond donors (Lipinski definition) is 1. The molecule has 1 spiro atoms. The molecule has 1 saturated carbocycles. The van der Waals surface area contributed by atoms with Gasteiger partial charge in [-0.3, -0.25) is 0 Å². The van der Waals surface area contributed by atoms with Crippen molar-refractivity contribution < 1.29 is 4.74 Å². The van der Waals surface area contributed by atoms with Crippen LogP contribution in [0.2, 0.25) is 0 Å². The molecule has 1 aromatic carbocycles. The van der Waals surface area contributed by atoms with Crippen LogP contribution in [0.4, 0.5) is 0 Å². The summed E-state index contributed by atoms with van der Waals surface area (Å²) in [6.45, 7) is 6.33. The van der Waals surface area contributed by atoms with Crippen LogP contribution in [0.5, 0.6) is 0 Å². The van der Waals surface area contributed by atoms with E-state index in [0.717, 1.165) is 13.2 Å². The fourth-order valence-electron chi connectivity index (χ4n) is 3.12. The lowest BCUT2D eigenvalue weighted by Crippen LogP contribution is -2.60. The molecular weight excluding hydrogens is 234 g/mol. The molecule has 2 unspecified atom stereocenters. The minimum absolute atomic E-state index is 0.258. The minimum Gasteiger partial charge on any atom is -0.373 e. The molecule has 0 bridgehead atoms. The second kappa shape index (κ2) is 7.06. The molecule has 2 atom stereocenters. The van der Waals surface area contributed by atoms with E-state index in [-0.39, 0.29) is 5.60 Å². The monoisotopic (exact) mass is 261 g/mol. The molecule has 2 nitrogen and oxygen atoms in total. The lowest BCUT2D eigenvalue weighted by atomic mass is 9.75. The molecule has 2 heteroatoms. The molecule has 0 aromatic heterocycles. The highest BCUT2D eigenvalue weighted by molar-refractivity contribution is 5.11. The summed E-state index contributed by atoms with van der Waals surface area (Å²) >= 11 is 0. The summed E-state index contributed by atoms with van der Waals surface area (Å²) in [4.78, 5) is 0. The maximum absolute atomic E-state index is 5.76. The molecule has 1 N–H and O–H groups in total. The van der Waals surface area contributed by atoms with Gasteiger partial charge in [0.05, 0.1) is 12.2 Å². The van der Waals surface area contributed by atoms with E-state index in [1.54, 1.807) is 0 Å². The van der Waals surface area contributed by atoms with Crippen molar-refractivity contribution in [3.63, 3.8) is 0 Å². The third kappa shape index (κ3) is 3.80. The lowest BCUT2D eigenvalue weighted by Gasteiger charge is -2.50. The van der Waals surface area contributed by atoms with E-state index >= 15 is 0 Å².